The lowest BCUT2D eigenvalue weighted by molar-refractivity contribution is -0.119. The van der Waals surface area contributed by atoms with Crippen LogP contribution in [0.1, 0.15) is 0 Å². The molecule has 0 unspecified atom stereocenters. The molecule has 0 aliphatic carbocycles. The first-order chi connectivity index (χ1) is 13.2. The highest BCUT2D eigenvalue weighted by molar-refractivity contribution is 7.92. The molecule has 0 fully saturated rings. The molecule has 28 heavy (non-hydrogen) atoms. The zero-order valence-corrected chi connectivity index (χ0v) is 17.6. The van der Waals surface area contributed by atoms with E-state index in [1.165, 1.54) is 13.2 Å². The van der Waals surface area contributed by atoms with Crippen molar-refractivity contribution in [3.8, 4) is 5.75 Å². The van der Waals surface area contributed by atoms with Crippen molar-refractivity contribution < 1.29 is 17.9 Å². The van der Waals surface area contributed by atoms with Gasteiger partial charge in [0.15, 0.2) is 0 Å². The molecular weight excluding hydrogens is 402 g/mol. The first kappa shape index (κ1) is 21.8. The quantitative estimate of drug-likeness (QED) is 0.667. The zero-order chi connectivity index (χ0) is 20.7. The normalized spacial score (nSPS) is 11.0. The summed E-state index contributed by atoms with van der Waals surface area (Å²) in [5, 5.41) is 3.01. The Morgan fingerprint density at radius 2 is 1.82 bits per heavy atom. The van der Waals surface area contributed by atoms with Gasteiger partial charge in [-0.2, -0.15) is 0 Å². The van der Waals surface area contributed by atoms with Crippen molar-refractivity contribution in [2.45, 2.75) is 0 Å². The molecule has 0 radical (unpaired) electrons. The van der Waals surface area contributed by atoms with Gasteiger partial charge in [0.25, 0.3) is 0 Å². The van der Waals surface area contributed by atoms with E-state index < -0.39 is 15.9 Å². The smallest absolute Gasteiger partial charge is 0.240 e. The Morgan fingerprint density at radius 1 is 1.14 bits per heavy atom. The third-order valence-electron chi connectivity index (χ3n) is 4.08. The third-order valence-corrected chi connectivity index (χ3v) is 5.51. The van der Waals surface area contributed by atoms with E-state index >= 15 is 0 Å². The summed E-state index contributed by atoms with van der Waals surface area (Å²) in [5.74, 6) is 0.0195. The maximum absolute atomic E-state index is 12.3. The molecule has 2 aromatic rings. The third kappa shape index (κ3) is 6.03. The SMILES string of the molecule is COc1ccc(N(CC(=O)NCCN(C)c2ccccc2)S(C)(=O)=O)cc1Cl. The summed E-state index contributed by atoms with van der Waals surface area (Å²) in [6.45, 7) is 0.630. The van der Waals surface area contributed by atoms with Crippen molar-refractivity contribution >= 4 is 38.9 Å². The number of carbonyl (C=O) groups is 1. The molecule has 0 bridgehead atoms. The van der Waals surface area contributed by atoms with Gasteiger partial charge in [0.05, 0.1) is 24.1 Å². The number of sulfonamides is 1. The summed E-state index contributed by atoms with van der Waals surface area (Å²) in [5.41, 5.74) is 1.33. The fourth-order valence-corrected chi connectivity index (χ4v) is 3.67. The summed E-state index contributed by atoms with van der Waals surface area (Å²) in [7, 11) is -0.283. The van der Waals surface area contributed by atoms with Crippen LogP contribution in [0.4, 0.5) is 11.4 Å². The Bertz CT molecular complexity index is 907. The van der Waals surface area contributed by atoms with Crippen molar-refractivity contribution in [3.05, 3.63) is 53.6 Å². The van der Waals surface area contributed by atoms with Crippen LogP contribution in [0, 0.1) is 0 Å². The average Bonchev–Trinajstić information content (AvgIpc) is 2.65. The molecular formula is C19H24ClN3O4S. The Hall–Kier alpha value is -2.45. The van der Waals surface area contributed by atoms with Crippen molar-refractivity contribution in [2.75, 3.05) is 49.3 Å². The van der Waals surface area contributed by atoms with Gasteiger partial charge in [0.1, 0.15) is 12.3 Å². The van der Waals surface area contributed by atoms with E-state index in [1.807, 2.05) is 42.3 Å². The number of carbonyl (C=O) groups excluding carboxylic acids is 1. The van der Waals surface area contributed by atoms with Crippen molar-refractivity contribution in [2.24, 2.45) is 0 Å². The number of likely N-dealkylation sites (N-methyl/N-ethyl adjacent to an activating group) is 1. The predicted octanol–water partition coefficient (Wildman–Crippen LogP) is 2.37. The van der Waals surface area contributed by atoms with E-state index in [9.17, 15) is 13.2 Å². The summed E-state index contributed by atoms with van der Waals surface area (Å²) >= 11 is 6.08. The largest absolute Gasteiger partial charge is 0.495 e. The maximum atomic E-state index is 12.3. The molecule has 0 saturated carbocycles. The standard InChI is InChI=1S/C19H24ClN3O4S/c1-22(15-7-5-4-6-8-15)12-11-21-19(24)14-23(28(3,25)26)16-9-10-18(27-2)17(20)13-16/h4-10,13H,11-12,14H2,1-3H3,(H,21,24). The number of para-hydroxylation sites is 1. The second kappa shape index (κ2) is 9.66. The second-order valence-electron chi connectivity index (χ2n) is 6.20. The first-order valence-electron chi connectivity index (χ1n) is 8.56. The topological polar surface area (TPSA) is 79.0 Å². The Balaban J connectivity index is 1.99. The number of halogens is 1. The number of methoxy groups -OCH3 is 1. The number of hydrogen-bond acceptors (Lipinski definition) is 5. The highest BCUT2D eigenvalue weighted by Gasteiger charge is 2.21. The predicted molar refractivity (Wildman–Crippen MR) is 113 cm³/mol. The Labute approximate surface area is 170 Å². The molecule has 2 rings (SSSR count). The summed E-state index contributed by atoms with van der Waals surface area (Å²) in [6.07, 6.45) is 1.04. The maximum Gasteiger partial charge on any atom is 0.240 e. The fraction of sp³-hybridized carbons (Fsp3) is 0.316. The van der Waals surface area contributed by atoms with Gasteiger partial charge in [-0.05, 0) is 30.3 Å². The van der Waals surface area contributed by atoms with Crippen LogP contribution in [0.2, 0.25) is 5.02 Å². The molecule has 0 aliphatic heterocycles. The lowest BCUT2D eigenvalue weighted by Gasteiger charge is -2.23. The first-order valence-corrected chi connectivity index (χ1v) is 10.8. The minimum atomic E-state index is -3.67. The highest BCUT2D eigenvalue weighted by atomic mass is 35.5. The van der Waals surface area contributed by atoms with E-state index in [2.05, 4.69) is 5.32 Å². The molecule has 0 aliphatic rings. The van der Waals surface area contributed by atoms with Gasteiger partial charge >= 0.3 is 0 Å². The molecule has 0 spiro atoms. The van der Waals surface area contributed by atoms with Crippen LogP contribution in [0.5, 0.6) is 5.75 Å². The van der Waals surface area contributed by atoms with E-state index in [4.69, 9.17) is 16.3 Å². The van der Waals surface area contributed by atoms with Crippen LogP contribution in [-0.4, -0.2) is 54.4 Å². The van der Waals surface area contributed by atoms with Crippen molar-refractivity contribution in [3.63, 3.8) is 0 Å². The summed E-state index contributed by atoms with van der Waals surface area (Å²) in [6, 6.07) is 14.3. The van der Waals surface area contributed by atoms with Crippen LogP contribution in [0.15, 0.2) is 48.5 Å². The number of nitrogens with zero attached hydrogens (tertiary/aromatic N) is 2. The minimum Gasteiger partial charge on any atom is -0.495 e. The zero-order valence-electron chi connectivity index (χ0n) is 16.1. The lowest BCUT2D eigenvalue weighted by atomic mass is 10.3. The molecule has 7 nitrogen and oxygen atoms in total. The monoisotopic (exact) mass is 425 g/mol. The number of hydrogen-bond donors (Lipinski definition) is 1. The lowest BCUT2D eigenvalue weighted by Crippen LogP contribution is -2.42. The van der Waals surface area contributed by atoms with Crippen molar-refractivity contribution in [1.82, 2.24) is 5.32 Å². The van der Waals surface area contributed by atoms with E-state index in [-0.39, 0.29) is 11.6 Å². The van der Waals surface area contributed by atoms with Crippen LogP contribution in [-0.2, 0) is 14.8 Å². The van der Waals surface area contributed by atoms with Gasteiger partial charge in [-0.1, -0.05) is 29.8 Å². The number of benzene rings is 2. The second-order valence-corrected chi connectivity index (χ2v) is 8.51. The van der Waals surface area contributed by atoms with Gasteiger partial charge in [-0.3, -0.25) is 9.10 Å². The summed E-state index contributed by atoms with van der Waals surface area (Å²) < 4.78 is 30.4. The highest BCUT2D eigenvalue weighted by Crippen LogP contribution is 2.30. The molecule has 2 aromatic carbocycles. The molecule has 0 saturated heterocycles. The van der Waals surface area contributed by atoms with Crippen LogP contribution >= 0.6 is 11.6 Å². The fourth-order valence-electron chi connectivity index (χ4n) is 2.57. The van der Waals surface area contributed by atoms with E-state index in [0.29, 0.717) is 24.5 Å². The van der Waals surface area contributed by atoms with Gasteiger partial charge in [0, 0.05) is 25.8 Å². The van der Waals surface area contributed by atoms with Gasteiger partial charge in [-0.25, -0.2) is 8.42 Å². The van der Waals surface area contributed by atoms with Gasteiger partial charge in [-0.15, -0.1) is 0 Å². The summed E-state index contributed by atoms with van der Waals surface area (Å²) in [4.78, 5) is 14.3. The number of amides is 1. The number of nitrogens with one attached hydrogen (secondary N) is 1. The number of anilines is 2. The molecule has 9 heteroatoms. The van der Waals surface area contributed by atoms with Crippen LogP contribution < -0.4 is 19.3 Å². The molecule has 0 aromatic heterocycles. The average molecular weight is 426 g/mol. The number of ether oxygens (including phenoxy) is 1. The van der Waals surface area contributed by atoms with E-state index in [0.717, 1.165) is 16.2 Å². The molecule has 1 amide bonds. The Morgan fingerprint density at radius 3 is 2.39 bits per heavy atom. The number of rotatable bonds is 9. The van der Waals surface area contributed by atoms with Gasteiger partial charge in [0.2, 0.25) is 15.9 Å². The molecule has 152 valence electrons. The molecule has 0 heterocycles. The van der Waals surface area contributed by atoms with Gasteiger partial charge < -0.3 is 15.0 Å². The Kier molecular flexibility index (Phi) is 7.53. The minimum absolute atomic E-state index is 0.263. The van der Waals surface area contributed by atoms with E-state index in [1.54, 1.807) is 12.1 Å². The van der Waals surface area contributed by atoms with Crippen LogP contribution in [0.25, 0.3) is 0 Å². The molecule has 1 N–H and O–H groups in total. The van der Waals surface area contributed by atoms with Crippen LogP contribution in [0.3, 0.4) is 0 Å². The molecule has 0 atom stereocenters. The van der Waals surface area contributed by atoms with Crippen molar-refractivity contribution in [1.29, 1.82) is 0 Å².